The van der Waals surface area contributed by atoms with Gasteiger partial charge in [-0.25, -0.2) is 0 Å². The van der Waals surface area contributed by atoms with E-state index in [-0.39, 0.29) is 6.10 Å². The Morgan fingerprint density at radius 1 is 1.27 bits per heavy atom. The van der Waals surface area contributed by atoms with Crippen molar-refractivity contribution in [1.29, 1.82) is 0 Å². The van der Waals surface area contributed by atoms with Crippen LogP contribution < -0.4 is 0 Å². The molecule has 0 bridgehead atoms. The van der Waals surface area contributed by atoms with E-state index in [0.29, 0.717) is 5.41 Å². The van der Waals surface area contributed by atoms with E-state index in [9.17, 15) is 5.11 Å². The summed E-state index contributed by atoms with van der Waals surface area (Å²) in [6, 6.07) is 0. The third-order valence-electron chi connectivity index (χ3n) is 2.41. The lowest BCUT2D eigenvalue weighted by atomic mass is 9.84. The average molecular weight is 156 g/mol. The molecule has 11 heavy (non-hydrogen) atoms. The van der Waals surface area contributed by atoms with E-state index in [1.54, 1.807) is 0 Å². The third kappa shape index (κ3) is 3.24. The minimum Gasteiger partial charge on any atom is -0.393 e. The van der Waals surface area contributed by atoms with Crippen LogP contribution in [0.4, 0.5) is 0 Å². The van der Waals surface area contributed by atoms with Gasteiger partial charge in [-0.3, -0.25) is 0 Å². The van der Waals surface area contributed by atoms with Gasteiger partial charge in [-0.15, -0.1) is 0 Å². The molecule has 0 aromatic rings. The van der Waals surface area contributed by atoms with E-state index in [0.717, 1.165) is 18.8 Å². The zero-order valence-electron chi connectivity index (χ0n) is 7.93. The molecule has 0 amide bonds. The van der Waals surface area contributed by atoms with Crippen LogP contribution in [0.1, 0.15) is 46.5 Å². The first-order chi connectivity index (χ1) is 4.97. The van der Waals surface area contributed by atoms with Crippen molar-refractivity contribution in [3.8, 4) is 0 Å². The van der Waals surface area contributed by atoms with Gasteiger partial charge >= 0.3 is 0 Å². The molecule has 66 valence electrons. The fourth-order valence-electron chi connectivity index (χ4n) is 2.10. The monoisotopic (exact) mass is 156 g/mol. The van der Waals surface area contributed by atoms with Crippen molar-refractivity contribution < 1.29 is 5.11 Å². The summed E-state index contributed by atoms with van der Waals surface area (Å²) in [5.41, 5.74) is 0.439. The molecule has 0 spiro atoms. The molecule has 0 aromatic heterocycles. The number of hydrogen-bond acceptors (Lipinski definition) is 1. The van der Waals surface area contributed by atoms with Gasteiger partial charge < -0.3 is 5.11 Å². The molecular formula is C10H20O. The highest BCUT2D eigenvalue weighted by molar-refractivity contribution is 4.78. The maximum atomic E-state index is 9.30. The van der Waals surface area contributed by atoms with E-state index in [4.69, 9.17) is 0 Å². The molecule has 1 nitrogen and oxygen atoms in total. The molecule has 1 aliphatic rings. The topological polar surface area (TPSA) is 20.2 Å². The summed E-state index contributed by atoms with van der Waals surface area (Å²) >= 11 is 0. The van der Waals surface area contributed by atoms with Crippen LogP contribution in [0.15, 0.2) is 0 Å². The van der Waals surface area contributed by atoms with Gasteiger partial charge in [0, 0.05) is 0 Å². The number of hydrogen-bond donors (Lipinski definition) is 1. The minimum absolute atomic E-state index is 0.00218. The van der Waals surface area contributed by atoms with Crippen LogP contribution in [-0.2, 0) is 0 Å². The van der Waals surface area contributed by atoms with E-state index in [1.807, 2.05) is 0 Å². The van der Waals surface area contributed by atoms with Crippen LogP contribution >= 0.6 is 0 Å². The second-order valence-corrected chi connectivity index (χ2v) is 5.10. The fourth-order valence-corrected chi connectivity index (χ4v) is 2.10. The summed E-state index contributed by atoms with van der Waals surface area (Å²) < 4.78 is 0. The zero-order valence-corrected chi connectivity index (χ0v) is 7.93. The lowest BCUT2D eigenvalue weighted by Crippen LogP contribution is -2.11. The molecular weight excluding hydrogens is 136 g/mol. The van der Waals surface area contributed by atoms with Crippen molar-refractivity contribution in [2.75, 3.05) is 0 Å². The Kier molecular flexibility index (Phi) is 2.58. The molecule has 1 saturated carbocycles. The molecule has 1 heteroatoms. The summed E-state index contributed by atoms with van der Waals surface area (Å²) in [5, 5.41) is 9.30. The summed E-state index contributed by atoms with van der Waals surface area (Å²) in [7, 11) is 0. The molecule has 1 fully saturated rings. The van der Waals surface area contributed by atoms with Gasteiger partial charge in [0.05, 0.1) is 6.10 Å². The Morgan fingerprint density at radius 2 is 1.91 bits per heavy atom. The van der Waals surface area contributed by atoms with Gasteiger partial charge in [0.1, 0.15) is 0 Å². The van der Waals surface area contributed by atoms with E-state index in [2.05, 4.69) is 20.8 Å². The van der Waals surface area contributed by atoms with Gasteiger partial charge in [-0.05, 0) is 37.0 Å². The normalized spacial score (nSPS) is 32.7. The largest absolute Gasteiger partial charge is 0.393 e. The summed E-state index contributed by atoms with van der Waals surface area (Å²) in [4.78, 5) is 0. The highest BCUT2D eigenvalue weighted by Crippen LogP contribution is 2.35. The first-order valence-corrected chi connectivity index (χ1v) is 4.65. The van der Waals surface area contributed by atoms with Gasteiger partial charge in [0.25, 0.3) is 0 Å². The SMILES string of the molecule is CC(C)(C)CC1CCC(O)C1. The fraction of sp³-hybridized carbons (Fsp3) is 1.00. The Labute approximate surface area is 69.8 Å². The summed E-state index contributed by atoms with van der Waals surface area (Å²) in [6.07, 6.45) is 4.57. The van der Waals surface area contributed by atoms with Crippen molar-refractivity contribution in [3.05, 3.63) is 0 Å². The number of rotatable bonds is 1. The smallest absolute Gasteiger partial charge is 0.0543 e. The lowest BCUT2D eigenvalue weighted by molar-refractivity contribution is 0.171. The predicted octanol–water partition coefficient (Wildman–Crippen LogP) is 2.58. The van der Waals surface area contributed by atoms with Crippen LogP contribution in [0.25, 0.3) is 0 Å². The second-order valence-electron chi connectivity index (χ2n) is 5.10. The maximum absolute atomic E-state index is 9.30. The first kappa shape index (κ1) is 9.05. The van der Waals surface area contributed by atoms with Crippen molar-refractivity contribution in [2.45, 2.75) is 52.6 Å². The highest BCUT2D eigenvalue weighted by Gasteiger charge is 2.26. The van der Waals surface area contributed by atoms with Crippen molar-refractivity contribution >= 4 is 0 Å². The second kappa shape index (κ2) is 3.14. The first-order valence-electron chi connectivity index (χ1n) is 4.65. The van der Waals surface area contributed by atoms with Crippen LogP contribution in [0.5, 0.6) is 0 Å². The van der Waals surface area contributed by atoms with E-state index < -0.39 is 0 Å². The molecule has 1 N–H and O–H groups in total. The van der Waals surface area contributed by atoms with Gasteiger partial charge in [-0.2, -0.15) is 0 Å². The highest BCUT2D eigenvalue weighted by atomic mass is 16.3. The molecule has 1 rings (SSSR count). The Hall–Kier alpha value is -0.0400. The van der Waals surface area contributed by atoms with Crippen LogP contribution in [-0.4, -0.2) is 11.2 Å². The molecule has 0 heterocycles. The number of aliphatic hydroxyl groups excluding tert-OH is 1. The summed E-state index contributed by atoms with van der Waals surface area (Å²) in [6.45, 7) is 6.83. The van der Waals surface area contributed by atoms with Crippen molar-refractivity contribution in [1.82, 2.24) is 0 Å². The van der Waals surface area contributed by atoms with E-state index >= 15 is 0 Å². The van der Waals surface area contributed by atoms with Crippen LogP contribution in [0, 0.1) is 11.3 Å². The standard InChI is InChI=1S/C10H20O/c1-10(2,3)7-8-4-5-9(11)6-8/h8-9,11H,4-7H2,1-3H3. The van der Waals surface area contributed by atoms with Crippen LogP contribution in [0.2, 0.25) is 0 Å². The van der Waals surface area contributed by atoms with Crippen molar-refractivity contribution in [3.63, 3.8) is 0 Å². The lowest BCUT2D eigenvalue weighted by Gasteiger charge is -2.22. The Morgan fingerprint density at radius 3 is 2.27 bits per heavy atom. The van der Waals surface area contributed by atoms with Crippen molar-refractivity contribution in [2.24, 2.45) is 11.3 Å². The Balaban J connectivity index is 2.29. The van der Waals surface area contributed by atoms with Gasteiger partial charge in [0.2, 0.25) is 0 Å². The summed E-state index contributed by atoms with van der Waals surface area (Å²) in [5.74, 6) is 0.782. The molecule has 0 radical (unpaired) electrons. The van der Waals surface area contributed by atoms with Crippen LogP contribution in [0.3, 0.4) is 0 Å². The van der Waals surface area contributed by atoms with Gasteiger partial charge in [-0.1, -0.05) is 20.8 Å². The zero-order chi connectivity index (χ0) is 8.48. The molecule has 2 unspecified atom stereocenters. The molecule has 0 saturated heterocycles. The average Bonchev–Trinajstić information content (AvgIpc) is 2.10. The maximum Gasteiger partial charge on any atom is 0.0543 e. The number of aliphatic hydroxyl groups is 1. The molecule has 0 aliphatic heterocycles. The quantitative estimate of drug-likeness (QED) is 0.618. The molecule has 2 atom stereocenters. The predicted molar refractivity (Wildman–Crippen MR) is 47.4 cm³/mol. The molecule has 0 aromatic carbocycles. The minimum atomic E-state index is 0.00218. The Bertz CT molecular complexity index is 123. The molecule has 1 aliphatic carbocycles. The van der Waals surface area contributed by atoms with E-state index in [1.165, 1.54) is 12.8 Å². The van der Waals surface area contributed by atoms with Gasteiger partial charge in [0.15, 0.2) is 0 Å². The third-order valence-corrected chi connectivity index (χ3v) is 2.41.